The fourth-order valence-corrected chi connectivity index (χ4v) is 1.90. The van der Waals surface area contributed by atoms with E-state index in [1.54, 1.807) is 0 Å². The van der Waals surface area contributed by atoms with E-state index < -0.39 is 0 Å². The van der Waals surface area contributed by atoms with Gasteiger partial charge in [0.25, 0.3) is 0 Å². The number of carbonyl (C=O) groups is 1. The first-order valence-electron chi connectivity index (χ1n) is 6.16. The summed E-state index contributed by atoms with van der Waals surface area (Å²) in [4.78, 5) is 11.5. The molecule has 0 spiro atoms. The summed E-state index contributed by atoms with van der Waals surface area (Å²) in [6.45, 7) is 4.14. The number of Topliss-reactive ketones (excluding diaryl/α,β-unsaturated/α-hetero) is 1. The average Bonchev–Trinajstić information content (AvgIpc) is 2.54. The summed E-state index contributed by atoms with van der Waals surface area (Å²) < 4.78 is 0. The van der Waals surface area contributed by atoms with Gasteiger partial charge in [0.1, 0.15) is 0 Å². The molecule has 1 aliphatic rings. The van der Waals surface area contributed by atoms with Gasteiger partial charge in [0.2, 0.25) is 0 Å². The minimum absolute atomic E-state index is 0.267. The molecule has 0 saturated heterocycles. The highest BCUT2D eigenvalue weighted by Crippen LogP contribution is 2.20. The van der Waals surface area contributed by atoms with Gasteiger partial charge in [0.05, 0.1) is 0 Å². The van der Waals surface area contributed by atoms with Gasteiger partial charge in [0, 0.05) is 0 Å². The Morgan fingerprint density at radius 2 is 2.00 bits per heavy atom. The summed E-state index contributed by atoms with van der Waals surface area (Å²) in [5, 5.41) is 0. The second-order valence-corrected chi connectivity index (χ2v) is 4.35. The normalized spacial score (nSPS) is 18.7. The summed E-state index contributed by atoms with van der Waals surface area (Å²) in [5.41, 5.74) is 1.94. The van der Waals surface area contributed by atoms with Crippen LogP contribution in [0.2, 0.25) is 0 Å². The molecule has 0 aromatic heterocycles. The molecule has 0 aromatic rings. The number of rotatable bonds is 6. The van der Waals surface area contributed by atoms with Gasteiger partial charge in [-0.1, -0.05) is 44.8 Å². The van der Waals surface area contributed by atoms with Crippen molar-refractivity contribution in [1.29, 1.82) is 0 Å². The number of unbranched alkanes of at least 4 members (excludes halogenated alkanes) is 5. The van der Waals surface area contributed by atoms with Crippen LogP contribution in [0.25, 0.3) is 0 Å². The Hall–Kier alpha value is -0.850. The third-order valence-corrected chi connectivity index (χ3v) is 2.98. The second kappa shape index (κ2) is 6.60. The molecule has 0 atom stereocenters. The standard InChI is InChI=1S/C14H22O/c1-3-4-5-6-7-8-9-13-11-10-12(2)14(13)15/h9-10H,3-8,11H2,1-2H3/b13-9+. The SMILES string of the molecule is CCCCCCC/C=C1\CC=C(C)C1=O. The summed E-state index contributed by atoms with van der Waals surface area (Å²) >= 11 is 0. The smallest absolute Gasteiger partial charge is 0.184 e. The Kier molecular flexibility index (Phi) is 5.38. The highest BCUT2D eigenvalue weighted by atomic mass is 16.1. The van der Waals surface area contributed by atoms with Crippen LogP contribution in [0, 0.1) is 0 Å². The molecule has 1 nitrogen and oxygen atoms in total. The maximum absolute atomic E-state index is 11.5. The van der Waals surface area contributed by atoms with Crippen LogP contribution in [-0.4, -0.2) is 5.78 Å². The quantitative estimate of drug-likeness (QED) is 0.470. The van der Waals surface area contributed by atoms with E-state index in [9.17, 15) is 4.79 Å². The minimum Gasteiger partial charge on any atom is -0.289 e. The molecule has 15 heavy (non-hydrogen) atoms. The average molecular weight is 206 g/mol. The lowest BCUT2D eigenvalue weighted by Gasteiger charge is -1.98. The highest BCUT2D eigenvalue weighted by molar-refractivity contribution is 6.10. The molecule has 0 aromatic carbocycles. The number of hydrogen-bond acceptors (Lipinski definition) is 1. The molecule has 0 radical (unpaired) electrons. The van der Waals surface area contributed by atoms with Crippen molar-refractivity contribution >= 4 is 5.78 Å². The number of carbonyl (C=O) groups excluding carboxylic acids is 1. The van der Waals surface area contributed by atoms with Crippen LogP contribution in [0.3, 0.4) is 0 Å². The molecule has 1 aliphatic carbocycles. The van der Waals surface area contributed by atoms with E-state index in [2.05, 4.69) is 13.0 Å². The molecular formula is C14H22O. The Bertz CT molecular complexity index is 271. The summed E-state index contributed by atoms with van der Waals surface area (Å²) in [5.74, 6) is 0.267. The van der Waals surface area contributed by atoms with Gasteiger partial charge in [-0.05, 0) is 37.3 Å². The number of ketones is 1. The maximum atomic E-state index is 11.5. The van der Waals surface area contributed by atoms with Crippen LogP contribution in [0.1, 0.15) is 58.8 Å². The predicted octanol–water partition coefficient (Wildman–Crippen LogP) is 4.19. The van der Waals surface area contributed by atoms with Crippen LogP contribution < -0.4 is 0 Å². The molecule has 0 unspecified atom stereocenters. The number of allylic oxidation sites excluding steroid dienone is 4. The Morgan fingerprint density at radius 3 is 2.60 bits per heavy atom. The van der Waals surface area contributed by atoms with E-state index in [0.29, 0.717) is 0 Å². The molecule has 0 aliphatic heterocycles. The third-order valence-electron chi connectivity index (χ3n) is 2.98. The predicted molar refractivity (Wildman–Crippen MR) is 64.8 cm³/mol. The van der Waals surface area contributed by atoms with E-state index >= 15 is 0 Å². The summed E-state index contributed by atoms with van der Waals surface area (Å²) in [6.07, 6.45) is 12.6. The first kappa shape index (κ1) is 12.2. The van der Waals surface area contributed by atoms with Crippen molar-refractivity contribution in [1.82, 2.24) is 0 Å². The topological polar surface area (TPSA) is 17.1 Å². The first-order valence-corrected chi connectivity index (χ1v) is 6.16. The van der Waals surface area contributed by atoms with Gasteiger partial charge >= 0.3 is 0 Å². The van der Waals surface area contributed by atoms with Crippen LogP contribution >= 0.6 is 0 Å². The van der Waals surface area contributed by atoms with Crippen LogP contribution in [-0.2, 0) is 4.79 Å². The van der Waals surface area contributed by atoms with Crippen LogP contribution in [0.4, 0.5) is 0 Å². The minimum atomic E-state index is 0.267. The number of hydrogen-bond donors (Lipinski definition) is 0. The van der Waals surface area contributed by atoms with Crippen molar-refractivity contribution in [2.45, 2.75) is 58.8 Å². The molecule has 0 bridgehead atoms. The van der Waals surface area contributed by atoms with Gasteiger partial charge in [-0.3, -0.25) is 4.79 Å². The van der Waals surface area contributed by atoms with Crippen molar-refractivity contribution in [2.75, 3.05) is 0 Å². The zero-order valence-electron chi connectivity index (χ0n) is 10.0. The second-order valence-electron chi connectivity index (χ2n) is 4.35. The van der Waals surface area contributed by atoms with Gasteiger partial charge in [-0.15, -0.1) is 0 Å². The molecule has 0 heterocycles. The highest BCUT2D eigenvalue weighted by Gasteiger charge is 2.15. The van der Waals surface area contributed by atoms with E-state index in [1.165, 1.54) is 32.1 Å². The fourth-order valence-electron chi connectivity index (χ4n) is 1.90. The summed E-state index contributed by atoms with van der Waals surface area (Å²) in [6, 6.07) is 0. The molecule has 1 heteroatoms. The Labute approximate surface area is 93.3 Å². The van der Waals surface area contributed by atoms with E-state index in [0.717, 1.165) is 24.0 Å². The van der Waals surface area contributed by atoms with Crippen molar-refractivity contribution < 1.29 is 4.79 Å². The van der Waals surface area contributed by atoms with Crippen molar-refractivity contribution in [3.8, 4) is 0 Å². The maximum Gasteiger partial charge on any atom is 0.184 e. The lowest BCUT2D eigenvalue weighted by Crippen LogP contribution is -1.95. The van der Waals surface area contributed by atoms with Gasteiger partial charge in [-0.2, -0.15) is 0 Å². The molecule has 0 fully saturated rings. The van der Waals surface area contributed by atoms with Crippen molar-refractivity contribution in [3.63, 3.8) is 0 Å². The van der Waals surface area contributed by atoms with Gasteiger partial charge in [-0.25, -0.2) is 0 Å². The van der Waals surface area contributed by atoms with Gasteiger partial charge < -0.3 is 0 Å². The zero-order chi connectivity index (χ0) is 11.1. The third kappa shape index (κ3) is 4.03. The molecule has 0 N–H and O–H groups in total. The monoisotopic (exact) mass is 206 g/mol. The van der Waals surface area contributed by atoms with Gasteiger partial charge in [0.15, 0.2) is 5.78 Å². The van der Waals surface area contributed by atoms with E-state index in [1.807, 2.05) is 13.0 Å². The van der Waals surface area contributed by atoms with E-state index in [4.69, 9.17) is 0 Å². The molecule has 0 saturated carbocycles. The largest absolute Gasteiger partial charge is 0.289 e. The fraction of sp³-hybridized carbons (Fsp3) is 0.643. The molecule has 1 rings (SSSR count). The van der Waals surface area contributed by atoms with Crippen molar-refractivity contribution in [2.24, 2.45) is 0 Å². The Morgan fingerprint density at radius 1 is 1.27 bits per heavy atom. The van der Waals surface area contributed by atoms with Crippen LogP contribution in [0.15, 0.2) is 23.3 Å². The molecular weight excluding hydrogens is 184 g/mol. The van der Waals surface area contributed by atoms with Crippen molar-refractivity contribution in [3.05, 3.63) is 23.3 Å². The van der Waals surface area contributed by atoms with E-state index in [-0.39, 0.29) is 5.78 Å². The Balaban J connectivity index is 2.14. The zero-order valence-corrected chi connectivity index (χ0v) is 10.0. The first-order chi connectivity index (χ1) is 7.25. The van der Waals surface area contributed by atoms with Crippen LogP contribution in [0.5, 0.6) is 0 Å². The lowest BCUT2D eigenvalue weighted by molar-refractivity contribution is -0.111. The lowest BCUT2D eigenvalue weighted by atomic mass is 10.1. The molecule has 0 amide bonds. The summed E-state index contributed by atoms with van der Waals surface area (Å²) in [7, 11) is 0. The molecule has 84 valence electrons.